The average Bonchev–Trinajstić information content (AvgIpc) is 2.85. The van der Waals surface area contributed by atoms with Gasteiger partial charge in [0.05, 0.1) is 24.8 Å². The Labute approximate surface area is 183 Å². The van der Waals surface area contributed by atoms with Gasteiger partial charge >= 0.3 is 0 Å². The van der Waals surface area contributed by atoms with Crippen LogP contribution in [0.25, 0.3) is 0 Å². The molecule has 0 radical (unpaired) electrons. The Hall–Kier alpha value is -3.31. The zero-order valence-electron chi connectivity index (χ0n) is 17.7. The first-order valence-electron chi connectivity index (χ1n) is 10.9. The summed E-state index contributed by atoms with van der Waals surface area (Å²) in [5.41, 5.74) is 4.98. The maximum Gasteiger partial charge on any atom is 0.258 e. The van der Waals surface area contributed by atoms with Gasteiger partial charge in [-0.3, -0.25) is 4.79 Å². The highest BCUT2D eigenvalue weighted by molar-refractivity contribution is 6.02. The smallest absolute Gasteiger partial charge is 0.258 e. The van der Waals surface area contributed by atoms with Gasteiger partial charge in [-0.2, -0.15) is 0 Å². The Bertz CT molecular complexity index is 1050. The Morgan fingerprint density at radius 1 is 0.903 bits per heavy atom. The van der Waals surface area contributed by atoms with E-state index >= 15 is 0 Å². The van der Waals surface area contributed by atoms with Crippen LogP contribution in [-0.4, -0.2) is 37.1 Å². The summed E-state index contributed by atoms with van der Waals surface area (Å²) in [4.78, 5) is 17.9. The van der Waals surface area contributed by atoms with Crippen LogP contribution in [0.15, 0.2) is 78.9 Å². The number of para-hydroxylation sites is 1. The summed E-state index contributed by atoms with van der Waals surface area (Å²) in [5.74, 6) is 0.0490. The predicted molar refractivity (Wildman–Crippen MR) is 123 cm³/mol. The summed E-state index contributed by atoms with van der Waals surface area (Å²) >= 11 is 0. The SMILES string of the molecule is C[C@H](c1ccccc1)N1C(=O)c2ccccc2N[C@@H]1c1ccc(N2CCOCC2)cc1. The van der Waals surface area contributed by atoms with Crippen molar-refractivity contribution in [3.63, 3.8) is 0 Å². The largest absolute Gasteiger partial charge is 0.378 e. The Morgan fingerprint density at radius 3 is 2.32 bits per heavy atom. The van der Waals surface area contributed by atoms with Crippen molar-refractivity contribution in [3.8, 4) is 0 Å². The molecule has 5 rings (SSSR count). The Kier molecular flexibility index (Phi) is 5.35. The molecule has 0 bridgehead atoms. The maximum atomic E-state index is 13.6. The summed E-state index contributed by atoms with van der Waals surface area (Å²) in [6.07, 6.45) is -0.239. The number of nitrogens with one attached hydrogen (secondary N) is 1. The van der Waals surface area contributed by atoms with Gasteiger partial charge in [0.15, 0.2) is 0 Å². The Balaban J connectivity index is 1.50. The number of benzene rings is 3. The second-order valence-electron chi connectivity index (χ2n) is 8.08. The first-order valence-corrected chi connectivity index (χ1v) is 10.9. The van der Waals surface area contributed by atoms with Gasteiger partial charge in [0.2, 0.25) is 0 Å². The van der Waals surface area contributed by atoms with Crippen molar-refractivity contribution >= 4 is 17.3 Å². The molecule has 5 heteroatoms. The van der Waals surface area contributed by atoms with E-state index in [0.717, 1.165) is 43.1 Å². The van der Waals surface area contributed by atoms with E-state index < -0.39 is 0 Å². The molecule has 1 amide bonds. The van der Waals surface area contributed by atoms with E-state index in [1.165, 1.54) is 5.69 Å². The molecule has 0 aromatic heterocycles. The lowest BCUT2D eigenvalue weighted by Gasteiger charge is -2.42. The number of morpholine rings is 1. The topological polar surface area (TPSA) is 44.8 Å². The number of carbonyl (C=O) groups is 1. The molecular weight excluding hydrogens is 386 g/mol. The van der Waals surface area contributed by atoms with Crippen molar-refractivity contribution in [3.05, 3.63) is 95.6 Å². The van der Waals surface area contributed by atoms with Crippen LogP contribution in [0.4, 0.5) is 11.4 Å². The fourth-order valence-electron chi connectivity index (χ4n) is 4.49. The molecule has 158 valence electrons. The summed E-state index contributed by atoms with van der Waals surface area (Å²) < 4.78 is 5.47. The zero-order chi connectivity index (χ0) is 21.2. The molecular formula is C26H27N3O2. The monoisotopic (exact) mass is 413 g/mol. The highest BCUT2D eigenvalue weighted by Crippen LogP contribution is 2.39. The van der Waals surface area contributed by atoms with E-state index in [1.54, 1.807) is 0 Å². The van der Waals surface area contributed by atoms with Crippen molar-refractivity contribution in [1.82, 2.24) is 4.90 Å². The number of hydrogen-bond acceptors (Lipinski definition) is 4. The summed E-state index contributed by atoms with van der Waals surface area (Å²) in [6.45, 7) is 5.44. The molecule has 0 aliphatic carbocycles. The quantitative estimate of drug-likeness (QED) is 0.664. The Morgan fingerprint density at radius 2 is 1.58 bits per heavy atom. The minimum absolute atomic E-state index is 0.0490. The number of anilines is 2. The first-order chi connectivity index (χ1) is 15.2. The van der Waals surface area contributed by atoms with E-state index in [-0.39, 0.29) is 18.1 Å². The van der Waals surface area contributed by atoms with Gasteiger partial charge in [0, 0.05) is 24.5 Å². The molecule has 2 atom stereocenters. The number of fused-ring (bicyclic) bond motifs is 1. The van der Waals surface area contributed by atoms with Gasteiger partial charge in [-0.05, 0) is 42.3 Å². The van der Waals surface area contributed by atoms with Gasteiger partial charge in [0.25, 0.3) is 5.91 Å². The minimum Gasteiger partial charge on any atom is -0.378 e. The summed E-state index contributed by atoms with van der Waals surface area (Å²) in [7, 11) is 0. The molecule has 5 nitrogen and oxygen atoms in total. The lowest BCUT2D eigenvalue weighted by atomic mass is 9.98. The average molecular weight is 414 g/mol. The molecule has 0 unspecified atom stereocenters. The van der Waals surface area contributed by atoms with Crippen LogP contribution in [0, 0.1) is 0 Å². The molecule has 3 aromatic rings. The van der Waals surface area contributed by atoms with Crippen LogP contribution in [0.3, 0.4) is 0 Å². The summed E-state index contributed by atoms with van der Waals surface area (Å²) in [6, 6.07) is 26.5. The van der Waals surface area contributed by atoms with Crippen LogP contribution in [0.2, 0.25) is 0 Å². The van der Waals surface area contributed by atoms with Crippen molar-refractivity contribution in [2.75, 3.05) is 36.5 Å². The lowest BCUT2D eigenvalue weighted by molar-refractivity contribution is 0.0596. The molecule has 2 aliphatic rings. The molecule has 0 spiro atoms. The highest BCUT2D eigenvalue weighted by atomic mass is 16.5. The molecule has 0 saturated carbocycles. The normalized spacial score (nSPS) is 19.5. The minimum atomic E-state index is -0.239. The van der Waals surface area contributed by atoms with Gasteiger partial charge in [-0.25, -0.2) is 0 Å². The predicted octanol–water partition coefficient (Wildman–Crippen LogP) is 4.85. The molecule has 31 heavy (non-hydrogen) atoms. The fourth-order valence-corrected chi connectivity index (χ4v) is 4.49. The van der Waals surface area contributed by atoms with Crippen molar-refractivity contribution in [2.24, 2.45) is 0 Å². The zero-order valence-corrected chi connectivity index (χ0v) is 17.7. The number of amides is 1. The number of hydrogen-bond donors (Lipinski definition) is 1. The number of ether oxygens (including phenoxy) is 1. The van der Waals surface area contributed by atoms with Crippen LogP contribution in [0.5, 0.6) is 0 Å². The third kappa shape index (κ3) is 3.77. The standard InChI is InChI=1S/C26H27N3O2/c1-19(20-7-3-2-4-8-20)29-25(27-24-10-6-5-9-23(24)26(29)30)21-11-13-22(14-12-21)28-15-17-31-18-16-28/h2-14,19,25,27H,15-18H2,1H3/t19-,25+/m1/s1. The third-order valence-electron chi connectivity index (χ3n) is 6.25. The van der Waals surface area contributed by atoms with Crippen LogP contribution >= 0.6 is 0 Å². The van der Waals surface area contributed by atoms with Gasteiger partial charge in [-0.15, -0.1) is 0 Å². The van der Waals surface area contributed by atoms with Crippen molar-refractivity contribution < 1.29 is 9.53 Å². The van der Waals surface area contributed by atoms with Gasteiger partial charge in [0.1, 0.15) is 6.17 Å². The van der Waals surface area contributed by atoms with Gasteiger partial charge < -0.3 is 19.9 Å². The first kappa shape index (κ1) is 19.6. The maximum absolute atomic E-state index is 13.6. The lowest BCUT2D eigenvalue weighted by Crippen LogP contribution is -2.44. The van der Waals surface area contributed by atoms with Crippen LogP contribution in [0.1, 0.15) is 40.6 Å². The van der Waals surface area contributed by atoms with E-state index in [1.807, 2.05) is 47.4 Å². The van der Waals surface area contributed by atoms with Gasteiger partial charge in [-0.1, -0.05) is 54.6 Å². The van der Waals surface area contributed by atoms with E-state index in [4.69, 9.17) is 4.74 Å². The molecule has 2 aliphatic heterocycles. The molecule has 1 N–H and O–H groups in total. The summed E-state index contributed by atoms with van der Waals surface area (Å²) in [5, 5.41) is 3.61. The molecule has 3 aromatic carbocycles. The number of rotatable bonds is 4. The molecule has 1 fully saturated rings. The third-order valence-corrected chi connectivity index (χ3v) is 6.25. The second kappa shape index (κ2) is 8.44. The van der Waals surface area contributed by atoms with E-state index in [9.17, 15) is 4.79 Å². The fraction of sp³-hybridized carbons (Fsp3) is 0.269. The number of carbonyl (C=O) groups excluding carboxylic acids is 1. The van der Waals surface area contributed by atoms with E-state index in [0.29, 0.717) is 5.56 Å². The van der Waals surface area contributed by atoms with E-state index in [2.05, 4.69) is 53.5 Å². The second-order valence-corrected chi connectivity index (χ2v) is 8.08. The van der Waals surface area contributed by atoms with Crippen molar-refractivity contribution in [2.45, 2.75) is 19.1 Å². The van der Waals surface area contributed by atoms with Crippen molar-refractivity contribution in [1.29, 1.82) is 0 Å². The highest BCUT2D eigenvalue weighted by Gasteiger charge is 2.36. The van der Waals surface area contributed by atoms with Crippen LogP contribution < -0.4 is 10.2 Å². The molecule has 1 saturated heterocycles. The number of nitrogens with zero attached hydrogens (tertiary/aromatic N) is 2. The van der Waals surface area contributed by atoms with Crippen LogP contribution in [-0.2, 0) is 4.74 Å². The molecule has 2 heterocycles.